The molecular formula is C23H23NO4S. The van der Waals surface area contributed by atoms with E-state index < -0.39 is 5.97 Å². The van der Waals surface area contributed by atoms with Gasteiger partial charge in [0.25, 0.3) is 0 Å². The van der Waals surface area contributed by atoms with Gasteiger partial charge in [0, 0.05) is 34.2 Å². The molecule has 0 saturated carbocycles. The first-order valence-electron chi connectivity index (χ1n) is 9.53. The molecule has 2 heterocycles. The lowest BCUT2D eigenvalue weighted by molar-refractivity contribution is -0.136. The van der Waals surface area contributed by atoms with Gasteiger partial charge in [-0.3, -0.25) is 4.79 Å². The molecule has 29 heavy (non-hydrogen) atoms. The third kappa shape index (κ3) is 3.38. The Morgan fingerprint density at radius 2 is 1.93 bits per heavy atom. The van der Waals surface area contributed by atoms with Crippen LogP contribution < -0.4 is 10.1 Å². The lowest BCUT2D eigenvalue weighted by Gasteiger charge is -2.36. The van der Waals surface area contributed by atoms with Crippen molar-refractivity contribution in [3.05, 3.63) is 74.8 Å². The van der Waals surface area contributed by atoms with Crippen molar-refractivity contribution in [1.82, 2.24) is 5.32 Å². The molecule has 0 saturated heterocycles. The van der Waals surface area contributed by atoms with Gasteiger partial charge in [-0.15, -0.1) is 11.3 Å². The van der Waals surface area contributed by atoms with Gasteiger partial charge in [0.15, 0.2) is 5.78 Å². The molecule has 1 N–H and O–H groups in total. The minimum absolute atomic E-state index is 0.0290. The molecule has 150 valence electrons. The molecule has 2 aliphatic rings. The standard InChI is InChI=1S/C23H23NO4S/c1-13-20(23(26)28-3)22(19-9-6-10-29-19)21-16(24-13)11-14(12-17(21)25)15-7-4-5-8-18(15)27-2/h4-10,14,22,24H,11-12H2,1-3H3/t14-,22+/m0/s1. The number of methoxy groups -OCH3 is 2. The van der Waals surface area contributed by atoms with Crippen LogP contribution in [0.25, 0.3) is 0 Å². The van der Waals surface area contributed by atoms with Gasteiger partial charge < -0.3 is 14.8 Å². The van der Waals surface area contributed by atoms with Crippen LogP contribution in [0.5, 0.6) is 5.75 Å². The Morgan fingerprint density at radius 1 is 1.14 bits per heavy atom. The van der Waals surface area contributed by atoms with Crippen LogP contribution in [-0.2, 0) is 14.3 Å². The van der Waals surface area contributed by atoms with Crippen molar-refractivity contribution in [2.24, 2.45) is 0 Å². The average molecular weight is 410 g/mol. The lowest BCUT2D eigenvalue weighted by Crippen LogP contribution is -2.35. The maximum absolute atomic E-state index is 13.4. The third-order valence-corrected chi connectivity index (χ3v) is 6.58. The molecule has 0 amide bonds. The fraction of sp³-hybridized carbons (Fsp3) is 0.304. The number of thiophene rings is 1. The number of hydrogen-bond acceptors (Lipinski definition) is 6. The van der Waals surface area contributed by atoms with Crippen LogP contribution in [0.15, 0.2) is 64.3 Å². The van der Waals surface area contributed by atoms with E-state index in [2.05, 4.69) is 5.32 Å². The molecular weight excluding hydrogens is 386 g/mol. The molecule has 2 atom stereocenters. The molecule has 1 aliphatic heterocycles. The summed E-state index contributed by atoms with van der Waals surface area (Å²) in [6, 6.07) is 11.8. The fourth-order valence-corrected chi connectivity index (χ4v) is 5.23. The maximum Gasteiger partial charge on any atom is 0.336 e. The van der Waals surface area contributed by atoms with E-state index in [0.717, 1.165) is 27.6 Å². The van der Waals surface area contributed by atoms with Gasteiger partial charge in [0.2, 0.25) is 0 Å². The molecule has 0 spiro atoms. The number of esters is 1. The molecule has 0 bridgehead atoms. The second kappa shape index (κ2) is 7.87. The average Bonchev–Trinajstić information content (AvgIpc) is 3.26. The minimum Gasteiger partial charge on any atom is -0.496 e. The van der Waals surface area contributed by atoms with Crippen LogP contribution in [0.4, 0.5) is 0 Å². The highest BCUT2D eigenvalue weighted by molar-refractivity contribution is 7.10. The summed E-state index contributed by atoms with van der Waals surface area (Å²) >= 11 is 1.55. The zero-order valence-electron chi connectivity index (χ0n) is 16.7. The Labute approximate surface area is 174 Å². The number of ketones is 1. The summed E-state index contributed by atoms with van der Waals surface area (Å²) in [4.78, 5) is 26.9. The Kier molecular flexibility index (Phi) is 5.28. The molecule has 1 aromatic heterocycles. The number of ether oxygens (including phenoxy) is 2. The highest BCUT2D eigenvalue weighted by Gasteiger charge is 2.42. The highest BCUT2D eigenvalue weighted by Crippen LogP contribution is 2.47. The van der Waals surface area contributed by atoms with E-state index in [1.807, 2.05) is 48.7 Å². The topological polar surface area (TPSA) is 64.6 Å². The summed E-state index contributed by atoms with van der Waals surface area (Å²) in [5.41, 5.74) is 3.86. The normalized spacial score (nSPS) is 21.6. The molecule has 0 radical (unpaired) electrons. The maximum atomic E-state index is 13.4. The van der Waals surface area contributed by atoms with Gasteiger partial charge in [0.1, 0.15) is 5.75 Å². The summed E-state index contributed by atoms with van der Waals surface area (Å²) in [6.45, 7) is 1.87. The number of rotatable bonds is 4. The zero-order valence-corrected chi connectivity index (χ0v) is 17.5. The van der Waals surface area contributed by atoms with E-state index in [1.54, 1.807) is 18.4 Å². The molecule has 0 unspecified atom stereocenters. The number of carbonyl (C=O) groups is 2. The Balaban J connectivity index is 1.79. The Hall–Kier alpha value is -2.86. The van der Waals surface area contributed by atoms with Crippen molar-refractivity contribution in [3.63, 3.8) is 0 Å². The van der Waals surface area contributed by atoms with Crippen LogP contribution in [0.2, 0.25) is 0 Å². The predicted molar refractivity (Wildman–Crippen MR) is 112 cm³/mol. The van der Waals surface area contributed by atoms with Crippen LogP contribution in [-0.4, -0.2) is 26.0 Å². The molecule has 1 aliphatic carbocycles. The van der Waals surface area contributed by atoms with E-state index in [0.29, 0.717) is 24.0 Å². The first kappa shape index (κ1) is 19.5. The predicted octanol–water partition coefficient (Wildman–Crippen LogP) is 4.29. The van der Waals surface area contributed by atoms with Crippen LogP contribution in [0.1, 0.15) is 42.0 Å². The zero-order chi connectivity index (χ0) is 20.5. The quantitative estimate of drug-likeness (QED) is 0.763. The lowest BCUT2D eigenvalue weighted by atomic mass is 9.73. The smallest absolute Gasteiger partial charge is 0.336 e. The van der Waals surface area contributed by atoms with E-state index in [1.165, 1.54) is 7.11 Å². The van der Waals surface area contributed by atoms with Gasteiger partial charge in [-0.1, -0.05) is 24.3 Å². The van der Waals surface area contributed by atoms with Gasteiger partial charge in [-0.2, -0.15) is 0 Å². The first-order chi connectivity index (χ1) is 14.0. The summed E-state index contributed by atoms with van der Waals surface area (Å²) in [5, 5.41) is 5.31. The van der Waals surface area contributed by atoms with Crippen molar-refractivity contribution in [2.45, 2.75) is 31.6 Å². The van der Waals surface area contributed by atoms with Crippen molar-refractivity contribution in [3.8, 4) is 5.75 Å². The van der Waals surface area contributed by atoms with E-state index in [-0.39, 0.29) is 17.6 Å². The molecule has 0 fully saturated rings. The number of para-hydroxylation sites is 1. The monoisotopic (exact) mass is 409 g/mol. The molecule has 4 rings (SSSR count). The molecule has 2 aromatic rings. The minimum atomic E-state index is -0.403. The van der Waals surface area contributed by atoms with Crippen molar-refractivity contribution in [1.29, 1.82) is 0 Å². The number of carbonyl (C=O) groups excluding carboxylic acids is 2. The Bertz CT molecular complexity index is 1020. The van der Waals surface area contributed by atoms with Gasteiger partial charge >= 0.3 is 5.97 Å². The van der Waals surface area contributed by atoms with Crippen molar-refractivity contribution in [2.75, 3.05) is 14.2 Å². The number of benzene rings is 1. The first-order valence-corrected chi connectivity index (χ1v) is 10.4. The fourth-order valence-electron chi connectivity index (χ4n) is 4.38. The van der Waals surface area contributed by atoms with Crippen molar-refractivity contribution >= 4 is 23.1 Å². The highest BCUT2D eigenvalue weighted by atomic mass is 32.1. The van der Waals surface area contributed by atoms with Crippen molar-refractivity contribution < 1.29 is 19.1 Å². The number of dihydropyridines is 1. The Morgan fingerprint density at radius 3 is 2.62 bits per heavy atom. The number of allylic oxidation sites excluding steroid dienone is 3. The summed E-state index contributed by atoms with van der Waals surface area (Å²) < 4.78 is 10.6. The summed E-state index contributed by atoms with van der Waals surface area (Å²) in [7, 11) is 3.02. The van der Waals surface area contributed by atoms with Crippen LogP contribution in [0, 0.1) is 0 Å². The van der Waals surface area contributed by atoms with Gasteiger partial charge in [0.05, 0.1) is 25.7 Å². The second-order valence-corrected chi connectivity index (χ2v) is 8.25. The second-order valence-electron chi connectivity index (χ2n) is 7.27. The number of nitrogens with one attached hydrogen (secondary N) is 1. The molecule has 5 nitrogen and oxygen atoms in total. The number of hydrogen-bond donors (Lipinski definition) is 1. The van der Waals surface area contributed by atoms with Crippen LogP contribution in [0.3, 0.4) is 0 Å². The van der Waals surface area contributed by atoms with E-state index >= 15 is 0 Å². The molecule has 1 aromatic carbocycles. The summed E-state index contributed by atoms with van der Waals surface area (Å²) in [5.74, 6) is 0.0928. The van der Waals surface area contributed by atoms with E-state index in [9.17, 15) is 9.59 Å². The SMILES string of the molecule is COC(=O)C1=C(C)NC2=C(C(=O)C[C@@H](c3ccccc3OC)C2)[C@@H]1c1cccs1. The van der Waals surface area contributed by atoms with E-state index in [4.69, 9.17) is 9.47 Å². The summed E-state index contributed by atoms with van der Waals surface area (Å²) in [6.07, 6.45) is 1.07. The molecule has 6 heteroatoms. The number of Topliss-reactive ketones (excluding diaryl/α,β-unsaturated/α-hetero) is 1. The largest absolute Gasteiger partial charge is 0.496 e. The van der Waals surface area contributed by atoms with Gasteiger partial charge in [-0.05, 0) is 36.4 Å². The van der Waals surface area contributed by atoms with Gasteiger partial charge in [-0.25, -0.2) is 4.79 Å². The van der Waals surface area contributed by atoms with Crippen LogP contribution >= 0.6 is 11.3 Å². The third-order valence-electron chi connectivity index (χ3n) is 5.64.